The van der Waals surface area contributed by atoms with E-state index >= 15 is 0 Å². The van der Waals surface area contributed by atoms with E-state index in [-0.39, 0.29) is 5.97 Å². The van der Waals surface area contributed by atoms with E-state index in [1.54, 1.807) is 11.8 Å². The lowest BCUT2D eigenvalue weighted by Gasteiger charge is -2.01. The van der Waals surface area contributed by atoms with Crippen molar-refractivity contribution in [1.82, 2.24) is 0 Å². The lowest BCUT2D eigenvalue weighted by atomic mass is 10.3. The topological polar surface area (TPSA) is 26.3 Å². The standard InChI is InChI=1S/C8H16O2S/c1-3-5-8(9)10-6-4-7-11-2/h3-7H2,1-2H3. The molecule has 0 aliphatic rings. The minimum absolute atomic E-state index is 0.0615. The summed E-state index contributed by atoms with van der Waals surface area (Å²) in [6.45, 7) is 2.56. The maximum atomic E-state index is 10.8. The van der Waals surface area contributed by atoms with E-state index in [2.05, 4.69) is 0 Å². The number of esters is 1. The molecule has 0 aromatic rings. The maximum absolute atomic E-state index is 10.8. The van der Waals surface area contributed by atoms with Crippen LogP contribution in [0.25, 0.3) is 0 Å². The van der Waals surface area contributed by atoms with Crippen LogP contribution in [0.5, 0.6) is 0 Å². The van der Waals surface area contributed by atoms with Crippen LogP contribution in [-0.2, 0) is 9.53 Å². The summed E-state index contributed by atoms with van der Waals surface area (Å²) in [6.07, 6.45) is 4.45. The molecule has 0 aliphatic carbocycles. The molecule has 66 valence electrons. The van der Waals surface area contributed by atoms with E-state index in [0.717, 1.165) is 18.6 Å². The second kappa shape index (κ2) is 7.92. The third-order valence-corrected chi connectivity index (χ3v) is 1.91. The van der Waals surface area contributed by atoms with Crippen LogP contribution >= 0.6 is 11.8 Å². The van der Waals surface area contributed by atoms with Gasteiger partial charge in [0.1, 0.15) is 0 Å². The van der Waals surface area contributed by atoms with Gasteiger partial charge in [0.2, 0.25) is 0 Å². The monoisotopic (exact) mass is 176 g/mol. The van der Waals surface area contributed by atoms with Gasteiger partial charge in [-0.05, 0) is 24.9 Å². The Bertz CT molecular complexity index is 104. The first-order chi connectivity index (χ1) is 5.31. The Morgan fingerprint density at radius 2 is 2.27 bits per heavy atom. The van der Waals surface area contributed by atoms with Crippen LogP contribution in [0.2, 0.25) is 0 Å². The number of hydrogen-bond donors (Lipinski definition) is 0. The predicted octanol–water partition coefficient (Wildman–Crippen LogP) is 2.08. The lowest BCUT2D eigenvalue weighted by molar-refractivity contribution is -0.143. The second-order valence-electron chi connectivity index (χ2n) is 2.32. The first-order valence-electron chi connectivity index (χ1n) is 3.95. The molecule has 0 saturated heterocycles. The van der Waals surface area contributed by atoms with Gasteiger partial charge < -0.3 is 4.74 Å². The zero-order chi connectivity index (χ0) is 8.53. The van der Waals surface area contributed by atoms with Gasteiger partial charge in [-0.15, -0.1) is 0 Å². The molecule has 3 heteroatoms. The van der Waals surface area contributed by atoms with E-state index in [0.29, 0.717) is 13.0 Å². The minimum Gasteiger partial charge on any atom is -0.466 e. The van der Waals surface area contributed by atoms with Crippen molar-refractivity contribution in [2.75, 3.05) is 18.6 Å². The molecule has 11 heavy (non-hydrogen) atoms. The highest BCUT2D eigenvalue weighted by atomic mass is 32.2. The van der Waals surface area contributed by atoms with Crippen LogP contribution in [0.1, 0.15) is 26.2 Å². The zero-order valence-corrected chi connectivity index (χ0v) is 8.08. The molecule has 0 aromatic heterocycles. The number of thioether (sulfide) groups is 1. The van der Waals surface area contributed by atoms with Gasteiger partial charge in [0.15, 0.2) is 0 Å². The Kier molecular flexibility index (Phi) is 7.79. The van der Waals surface area contributed by atoms with Gasteiger partial charge in [0.05, 0.1) is 6.61 Å². The van der Waals surface area contributed by atoms with Crippen molar-refractivity contribution in [3.8, 4) is 0 Å². The van der Waals surface area contributed by atoms with Gasteiger partial charge in [-0.3, -0.25) is 4.79 Å². The molecule has 0 aliphatic heterocycles. The second-order valence-corrected chi connectivity index (χ2v) is 3.30. The predicted molar refractivity (Wildman–Crippen MR) is 48.9 cm³/mol. The minimum atomic E-state index is -0.0615. The van der Waals surface area contributed by atoms with Crippen LogP contribution in [0.3, 0.4) is 0 Å². The summed E-state index contributed by atoms with van der Waals surface area (Å²) < 4.78 is 4.93. The molecule has 0 bridgehead atoms. The fourth-order valence-electron chi connectivity index (χ4n) is 0.666. The Hall–Kier alpha value is -0.180. The van der Waals surface area contributed by atoms with Crippen molar-refractivity contribution in [2.45, 2.75) is 26.2 Å². The van der Waals surface area contributed by atoms with Crippen molar-refractivity contribution in [1.29, 1.82) is 0 Å². The molecular formula is C8H16O2S. The van der Waals surface area contributed by atoms with Gasteiger partial charge >= 0.3 is 5.97 Å². The highest BCUT2D eigenvalue weighted by Gasteiger charge is 1.98. The summed E-state index contributed by atoms with van der Waals surface area (Å²) in [5.41, 5.74) is 0. The van der Waals surface area contributed by atoms with Crippen LogP contribution in [-0.4, -0.2) is 24.6 Å². The fourth-order valence-corrected chi connectivity index (χ4v) is 1.07. The quantitative estimate of drug-likeness (QED) is 0.458. The van der Waals surface area contributed by atoms with E-state index in [1.807, 2.05) is 13.2 Å². The summed E-state index contributed by atoms with van der Waals surface area (Å²) in [7, 11) is 0. The Balaban J connectivity index is 3.04. The van der Waals surface area contributed by atoms with Gasteiger partial charge in [-0.1, -0.05) is 6.92 Å². The van der Waals surface area contributed by atoms with Gasteiger partial charge in [-0.25, -0.2) is 0 Å². The molecule has 0 spiro atoms. The molecule has 0 atom stereocenters. The Morgan fingerprint density at radius 1 is 1.55 bits per heavy atom. The van der Waals surface area contributed by atoms with Crippen molar-refractivity contribution < 1.29 is 9.53 Å². The largest absolute Gasteiger partial charge is 0.466 e. The first-order valence-corrected chi connectivity index (χ1v) is 5.35. The van der Waals surface area contributed by atoms with Gasteiger partial charge in [-0.2, -0.15) is 11.8 Å². The summed E-state index contributed by atoms with van der Waals surface area (Å²) in [6, 6.07) is 0. The maximum Gasteiger partial charge on any atom is 0.305 e. The van der Waals surface area contributed by atoms with E-state index in [4.69, 9.17) is 4.74 Å². The summed E-state index contributed by atoms with van der Waals surface area (Å²) in [5.74, 6) is 1.01. The van der Waals surface area contributed by atoms with E-state index in [9.17, 15) is 4.79 Å². The fraction of sp³-hybridized carbons (Fsp3) is 0.875. The Labute approximate surface area is 72.7 Å². The normalized spacial score (nSPS) is 9.64. The van der Waals surface area contributed by atoms with E-state index in [1.165, 1.54) is 0 Å². The average molecular weight is 176 g/mol. The molecule has 0 fully saturated rings. The number of carbonyl (C=O) groups is 1. The highest BCUT2D eigenvalue weighted by Crippen LogP contribution is 1.97. The van der Waals surface area contributed by atoms with Crippen molar-refractivity contribution in [3.63, 3.8) is 0 Å². The summed E-state index contributed by atoms with van der Waals surface area (Å²) in [5, 5.41) is 0. The van der Waals surface area contributed by atoms with Crippen LogP contribution in [0.4, 0.5) is 0 Å². The average Bonchev–Trinajstić information content (AvgIpc) is 1.99. The van der Waals surface area contributed by atoms with Crippen LogP contribution in [0.15, 0.2) is 0 Å². The zero-order valence-electron chi connectivity index (χ0n) is 7.26. The third kappa shape index (κ3) is 7.72. The smallest absolute Gasteiger partial charge is 0.305 e. The van der Waals surface area contributed by atoms with Crippen molar-refractivity contribution in [2.24, 2.45) is 0 Å². The number of rotatable bonds is 6. The number of carbonyl (C=O) groups excluding carboxylic acids is 1. The number of ether oxygens (including phenoxy) is 1. The van der Waals surface area contributed by atoms with Crippen molar-refractivity contribution >= 4 is 17.7 Å². The van der Waals surface area contributed by atoms with Gasteiger partial charge in [0, 0.05) is 6.42 Å². The van der Waals surface area contributed by atoms with E-state index < -0.39 is 0 Å². The molecule has 0 radical (unpaired) electrons. The molecular weight excluding hydrogens is 160 g/mol. The molecule has 0 amide bonds. The molecule has 0 N–H and O–H groups in total. The summed E-state index contributed by atoms with van der Waals surface area (Å²) >= 11 is 1.78. The molecule has 0 unspecified atom stereocenters. The third-order valence-electron chi connectivity index (χ3n) is 1.21. The SMILES string of the molecule is CCCC(=O)OCCCSC. The van der Waals surface area contributed by atoms with Crippen molar-refractivity contribution in [3.05, 3.63) is 0 Å². The summed E-state index contributed by atoms with van der Waals surface area (Å²) in [4.78, 5) is 10.8. The Morgan fingerprint density at radius 3 is 2.82 bits per heavy atom. The molecule has 0 heterocycles. The van der Waals surface area contributed by atoms with Crippen LogP contribution in [0, 0.1) is 0 Å². The van der Waals surface area contributed by atoms with Crippen LogP contribution < -0.4 is 0 Å². The molecule has 0 rings (SSSR count). The number of hydrogen-bond acceptors (Lipinski definition) is 3. The van der Waals surface area contributed by atoms with Gasteiger partial charge in [0.25, 0.3) is 0 Å². The first kappa shape index (κ1) is 10.8. The highest BCUT2D eigenvalue weighted by molar-refractivity contribution is 7.98. The molecule has 0 saturated carbocycles. The lowest BCUT2D eigenvalue weighted by Crippen LogP contribution is -2.05. The molecule has 0 aromatic carbocycles. The molecule has 2 nitrogen and oxygen atoms in total.